The molecule has 2 atom stereocenters. The molecule has 0 fully saturated rings. The first-order valence-corrected chi connectivity index (χ1v) is 4.60. The summed E-state index contributed by atoms with van der Waals surface area (Å²) in [5.41, 5.74) is 0. The first kappa shape index (κ1) is 9.56. The van der Waals surface area contributed by atoms with E-state index in [0.717, 1.165) is 19.3 Å². The molecule has 0 bridgehead atoms. The second-order valence-electron chi connectivity index (χ2n) is 3.81. The van der Waals surface area contributed by atoms with Crippen LogP contribution in [0.2, 0.25) is 0 Å². The molecule has 0 radical (unpaired) electrons. The highest BCUT2D eigenvalue weighted by molar-refractivity contribution is 5.66. The average Bonchev–Trinajstić information content (AvgIpc) is 2.02. The normalized spacial score (nSPS) is 17.2. The van der Waals surface area contributed by atoms with Crippen molar-refractivity contribution in [3.05, 3.63) is 0 Å². The Morgan fingerprint density at radius 2 is 2.00 bits per heavy atom. The van der Waals surface area contributed by atoms with E-state index in [1.807, 2.05) is 6.92 Å². The molecular weight excluding hydrogens is 152 g/mol. The minimum Gasteiger partial charge on any atom is -0.481 e. The lowest BCUT2D eigenvalue weighted by Gasteiger charge is -2.09. The van der Waals surface area contributed by atoms with Gasteiger partial charge >= 0.3 is 5.97 Å². The van der Waals surface area contributed by atoms with E-state index in [1.165, 1.54) is 0 Å². The monoisotopic (exact) mass is 173 g/mol. The topological polar surface area (TPSA) is 37.3 Å². The summed E-state index contributed by atoms with van der Waals surface area (Å²) >= 11 is 0. The van der Waals surface area contributed by atoms with E-state index in [9.17, 15) is 4.79 Å². The molecule has 0 aromatic heterocycles. The SMILES string of the molecule is [2H]C(C(=O)O)C(C)CCCC(C)C. The molecular formula is C10H20O2. The lowest BCUT2D eigenvalue weighted by atomic mass is 9.97. The van der Waals surface area contributed by atoms with Crippen LogP contribution in [0, 0.1) is 11.8 Å². The van der Waals surface area contributed by atoms with Crippen molar-refractivity contribution in [2.75, 3.05) is 0 Å². The summed E-state index contributed by atoms with van der Waals surface area (Å²) < 4.78 is 7.32. The molecule has 0 heterocycles. The maximum atomic E-state index is 10.5. The molecule has 72 valence electrons. The third-order valence-electron chi connectivity index (χ3n) is 1.87. The quantitative estimate of drug-likeness (QED) is 0.670. The molecule has 0 amide bonds. The fourth-order valence-corrected chi connectivity index (χ4v) is 1.17. The Morgan fingerprint density at radius 3 is 2.42 bits per heavy atom. The van der Waals surface area contributed by atoms with Gasteiger partial charge < -0.3 is 5.11 Å². The van der Waals surface area contributed by atoms with Crippen molar-refractivity contribution in [1.29, 1.82) is 0 Å². The van der Waals surface area contributed by atoms with Crippen LogP contribution in [0.4, 0.5) is 0 Å². The van der Waals surface area contributed by atoms with E-state index in [-0.39, 0.29) is 5.92 Å². The van der Waals surface area contributed by atoms with E-state index >= 15 is 0 Å². The van der Waals surface area contributed by atoms with Gasteiger partial charge in [-0.25, -0.2) is 0 Å². The number of hydrogen-bond donors (Lipinski definition) is 1. The fourth-order valence-electron chi connectivity index (χ4n) is 1.17. The van der Waals surface area contributed by atoms with Crippen LogP contribution in [0.25, 0.3) is 0 Å². The molecule has 0 aromatic carbocycles. The van der Waals surface area contributed by atoms with Crippen LogP contribution < -0.4 is 0 Å². The number of carboxylic acids is 1. The van der Waals surface area contributed by atoms with Gasteiger partial charge in [-0.3, -0.25) is 4.79 Å². The molecule has 0 saturated carbocycles. The molecule has 2 unspecified atom stereocenters. The molecule has 0 aliphatic rings. The van der Waals surface area contributed by atoms with Crippen molar-refractivity contribution in [2.45, 2.75) is 46.4 Å². The van der Waals surface area contributed by atoms with Crippen molar-refractivity contribution < 1.29 is 11.3 Å². The minimum absolute atomic E-state index is 0.0313. The van der Waals surface area contributed by atoms with Gasteiger partial charge in [0.15, 0.2) is 0 Å². The van der Waals surface area contributed by atoms with Crippen LogP contribution in [-0.4, -0.2) is 11.1 Å². The van der Waals surface area contributed by atoms with Crippen molar-refractivity contribution in [3.63, 3.8) is 0 Å². The second kappa shape index (κ2) is 6.04. The molecule has 1 N–H and O–H groups in total. The summed E-state index contributed by atoms with van der Waals surface area (Å²) in [6.07, 6.45) is 2.05. The third kappa shape index (κ3) is 7.58. The highest BCUT2D eigenvalue weighted by atomic mass is 16.4. The summed E-state index contributed by atoms with van der Waals surface area (Å²) in [5, 5.41) is 8.57. The van der Waals surface area contributed by atoms with Crippen LogP contribution >= 0.6 is 0 Å². The molecule has 2 heteroatoms. The Labute approximate surface area is 76.4 Å². The summed E-state index contributed by atoms with van der Waals surface area (Å²) in [4.78, 5) is 10.5. The average molecular weight is 173 g/mol. The molecule has 0 spiro atoms. The van der Waals surface area contributed by atoms with Crippen LogP contribution in [0.1, 0.15) is 47.8 Å². The lowest BCUT2D eigenvalue weighted by Crippen LogP contribution is -2.04. The summed E-state index contributed by atoms with van der Waals surface area (Å²) in [6.45, 7) is 6.15. The maximum absolute atomic E-state index is 10.5. The van der Waals surface area contributed by atoms with Crippen LogP contribution in [0.5, 0.6) is 0 Å². The molecule has 0 saturated heterocycles. The number of carboxylic acid groups (broad SMARTS) is 1. The standard InChI is InChI=1S/C10H20O2/c1-8(2)5-4-6-9(3)7-10(11)12/h8-9H,4-7H2,1-3H3,(H,11,12)/i7D. The molecule has 12 heavy (non-hydrogen) atoms. The van der Waals surface area contributed by atoms with Crippen LogP contribution in [0.15, 0.2) is 0 Å². The van der Waals surface area contributed by atoms with Gasteiger partial charge in [-0.05, 0) is 11.8 Å². The zero-order valence-corrected chi connectivity index (χ0v) is 8.21. The van der Waals surface area contributed by atoms with Gasteiger partial charge in [0.05, 0.1) is 0 Å². The predicted molar refractivity (Wildman–Crippen MR) is 50.1 cm³/mol. The number of rotatable bonds is 6. The molecule has 0 aliphatic carbocycles. The van der Waals surface area contributed by atoms with E-state index in [1.54, 1.807) is 0 Å². The van der Waals surface area contributed by atoms with Gasteiger partial charge in [0.1, 0.15) is 0 Å². The van der Waals surface area contributed by atoms with Crippen molar-refractivity contribution in [2.24, 2.45) is 11.8 Å². The molecule has 0 rings (SSSR count). The van der Waals surface area contributed by atoms with Gasteiger partial charge in [0.25, 0.3) is 0 Å². The number of carbonyl (C=O) groups is 1. The second-order valence-corrected chi connectivity index (χ2v) is 3.81. The molecule has 0 aliphatic heterocycles. The maximum Gasteiger partial charge on any atom is 0.303 e. The Bertz CT molecular complexity index is 157. The first-order chi connectivity index (χ1) is 5.95. The molecule has 2 nitrogen and oxygen atoms in total. The van der Waals surface area contributed by atoms with E-state index in [4.69, 9.17) is 6.48 Å². The zero-order valence-electron chi connectivity index (χ0n) is 9.21. The Balaban J connectivity index is 3.61. The summed E-state index contributed by atoms with van der Waals surface area (Å²) in [7, 11) is 0. The van der Waals surface area contributed by atoms with E-state index in [2.05, 4.69) is 13.8 Å². The van der Waals surface area contributed by atoms with Crippen molar-refractivity contribution in [1.82, 2.24) is 0 Å². The van der Waals surface area contributed by atoms with Gasteiger partial charge in [-0.2, -0.15) is 0 Å². The largest absolute Gasteiger partial charge is 0.481 e. The minimum atomic E-state index is -1.00. The fraction of sp³-hybridized carbons (Fsp3) is 0.900. The highest BCUT2D eigenvalue weighted by Crippen LogP contribution is 2.14. The smallest absolute Gasteiger partial charge is 0.303 e. The van der Waals surface area contributed by atoms with E-state index < -0.39 is 12.4 Å². The third-order valence-corrected chi connectivity index (χ3v) is 1.87. The van der Waals surface area contributed by atoms with Crippen molar-refractivity contribution >= 4 is 5.97 Å². The van der Waals surface area contributed by atoms with E-state index in [0.29, 0.717) is 5.92 Å². The summed E-state index contributed by atoms with van der Waals surface area (Å²) in [6, 6.07) is 0. The predicted octanol–water partition coefficient (Wildman–Crippen LogP) is 2.92. The lowest BCUT2D eigenvalue weighted by molar-refractivity contribution is -0.138. The van der Waals surface area contributed by atoms with Gasteiger partial charge in [-0.15, -0.1) is 0 Å². The zero-order chi connectivity index (χ0) is 10.4. The Kier molecular flexibility index (Phi) is 4.81. The highest BCUT2D eigenvalue weighted by Gasteiger charge is 2.07. The van der Waals surface area contributed by atoms with Gasteiger partial charge in [-0.1, -0.05) is 40.0 Å². The van der Waals surface area contributed by atoms with Crippen LogP contribution in [-0.2, 0) is 4.79 Å². The van der Waals surface area contributed by atoms with Gasteiger partial charge in [0, 0.05) is 7.77 Å². The number of aliphatic carboxylic acids is 1. The first-order valence-electron chi connectivity index (χ1n) is 5.18. The Morgan fingerprint density at radius 1 is 1.42 bits per heavy atom. The van der Waals surface area contributed by atoms with Gasteiger partial charge in [0.2, 0.25) is 0 Å². The Hall–Kier alpha value is -0.530. The molecule has 0 aromatic rings. The van der Waals surface area contributed by atoms with Crippen LogP contribution in [0.3, 0.4) is 0 Å². The number of hydrogen-bond acceptors (Lipinski definition) is 1. The van der Waals surface area contributed by atoms with Crippen molar-refractivity contribution in [3.8, 4) is 0 Å². The summed E-state index contributed by atoms with van der Waals surface area (Å²) in [5.74, 6) is -0.366.